The number of sulfonamides is 1. The number of halogens is 3. The van der Waals surface area contributed by atoms with Crippen LogP contribution in [0.25, 0.3) is 0 Å². The van der Waals surface area contributed by atoms with Crippen LogP contribution in [0.2, 0.25) is 15.1 Å². The molecule has 2 amide bonds. The van der Waals surface area contributed by atoms with Gasteiger partial charge in [0.15, 0.2) is 0 Å². The molecule has 0 aliphatic heterocycles. The van der Waals surface area contributed by atoms with E-state index in [1.807, 2.05) is 44.2 Å². The SMILES string of the molecule is CC[C@@H](C)NC(=O)[C@H](Cc1ccccc1)N(Cc1c(Cl)cccc1Cl)C(=O)CN(c1cc(Cl)ccc1OC)S(C)(=O)=O. The number of rotatable bonds is 13. The first kappa shape index (κ1) is 33.5. The maximum atomic E-state index is 14.3. The molecule has 0 aliphatic carbocycles. The molecule has 0 fully saturated rings. The van der Waals surface area contributed by atoms with Crippen molar-refractivity contribution in [3.63, 3.8) is 0 Å². The lowest BCUT2D eigenvalue weighted by Crippen LogP contribution is -2.54. The first-order valence-electron chi connectivity index (χ1n) is 13.2. The fourth-order valence-corrected chi connectivity index (χ4v) is 5.83. The number of hydrogen-bond donors (Lipinski definition) is 1. The number of amides is 2. The van der Waals surface area contributed by atoms with E-state index in [1.165, 1.54) is 24.1 Å². The molecule has 8 nitrogen and oxygen atoms in total. The van der Waals surface area contributed by atoms with Gasteiger partial charge in [0.05, 0.1) is 19.1 Å². The summed E-state index contributed by atoms with van der Waals surface area (Å²) in [6.45, 7) is 3.02. The van der Waals surface area contributed by atoms with E-state index in [0.29, 0.717) is 22.0 Å². The number of nitrogens with one attached hydrogen (secondary N) is 1. The van der Waals surface area contributed by atoms with Gasteiger partial charge in [0, 0.05) is 39.6 Å². The third-order valence-electron chi connectivity index (χ3n) is 6.75. The van der Waals surface area contributed by atoms with Crippen LogP contribution in [0.3, 0.4) is 0 Å². The minimum atomic E-state index is -4.02. The van der Waals surface area contributed by atoms with Gasteiger partial charge < -0.3 is 15.0 Å². The molecule has 0 radical (unpaired) electrons. The van der Waals surface area contributed by atoms with Crippen LogP contribution in [0, 0.1) is 0 Å². The van der Waals surface area contributed by atoms with Gasteiger partial charge in [-0.05, 0) is 49.2 Å². The van der Waals surface area contributed by atoms with Crippen LogP contribution in [-0.2, 0) is 32.6 Å². The number of hydrogen-bond acceptors (Lipinski definition) is 5. The lowest BCUT2D eigenvalue weighted by molar-refractivity contribution is -0.140. The Morgan fingerprint density at radius 2 is 1.62 bits per heavy atom. The predicted molar refractivity (Wildman–Crippen MR) is 169 cm³/mol. The van der Waals surface area contributed by atoms with E-state index in [-0.39, 0.29) is 35.5 Å². The molecule has 0 spiro atoms. The van der Waals surface area contributed by atoms with Gasteiger partial charge in [-0.15, -0.1) is 0 Å². The normalized spacial score (nSPS) is 12.7. The Morgan fingerprint density at radius 1 is 0.976 bits per heavy atom. The highest BCUT2D eigenvalue weighted by Crippen LogP contribution is 2.33. The van der Waals surface area contributed by atoms with E-state index in [9.17, 15) is 18.0 Å². The summed E-state index contributed by atoms with van der Waals surface area (Å²) in [4.78, 5) is 29.4. The molecule has 0 saturated heterocycles. The average molecular weight is 655 g/mol. The third-order valence-corrected chi connectivity index (χ3v) is 8.82. The molecular formula is C30H34Cl3N3O5S. The summed E-state index contributed by atoms with van der Waals surface area (Å²) in [5.41, 5.74) is 1.32. The highest BCUT2D eigenvalue weighted by Gasteiger charge is 2.34. The van der Waals surface area contributed by atoms with E-state index < -0.39 is 34.4 Å². The Kier molecular flexibility index (Phi) is 11.9. The molecule has 3 rings (SSSR count). The van der Waals surface area contributed by atoms with Crippen molar-refractivity contribution < 1.29 is 22.7 Å². The summed E-state index contributed by atoms with van der Waals surface area (Å²) < 4.78 is 32.4. The standard InChI is InChI=1S/C30H34Cl3N3O5S/c1-5-20(2)34-30(38)27(16-21-10-7-6-8-11-21)35(18-23-24(32)12-9-13-25(23)33)29(37)19-36(42(4,39)40)26-17-22(31)14-15-28(26)41-3/h6-15,17,20,27H,5,16,18-19H2,1-4H3,(H,34,38)/t20-,27+/m1/s1. The summed E-state index contributed by atoms with van der Waals surface area (Å²) in [5.74, 6) is -0.844. The fourth-order valence-electron chi connectivity index (χ4n) is 4.30. The number of methoxy groups -OCH3 is 1. The lowest BCUT2D eigenvalue weighted by atomic mass is 10.0. The van der Waals surface area contributed by atoms with E-state index >= 15 is 0 Å². The maximum absolute atomic E-state index is 14.3. The summed E-state index contributed by atoms with van der Waals surface area (Å²) >= 11 is 19.2. The van der Waals surface area contributed by atoms with Crippen molar-refractivity contribution in [3.05, 3.63) is 92.9 Å². The number of carbonyl (C=O) groups excluding carboxylic acids is 2. The number of benzene rings is 3. The van der Waals surface area contributed by atoms with Crippen LogP contribution in [0.15, 0.2) is 66.7 Å². The van der Waals surface area contributed by atoms with Crippen molar-refractivity contribution in [2.45, 2.75) is 45.3 Å². The van der Waals surface area contributed by atoms with Crippen LogP contribution >= 0.6 is 34.8 Å². The van der Waals surface area contributed by atoms with E-state index in [2.05, 4.69) is 5.32 Å². The van der Waals surface area contributed by atoms with Crippen LogP contribution in [0.5, 0.6) is 5.75 Å². The van der Waals surface area contributed by atoms with E-state index in [0.717, 1.165) is 16.1 Å². The third kappa shape index (κ3) is 8.77. The molecule has 12 heteroatoms. The first-order chi connectivity index (χ1) is 19.8. The van der Waals surface area contributed by atoms with Crippen molar-refractivity contribution in [1.29, 1.82) is 0 Å². The topological polar surface area (TPSA) is 96.0 Å². The van der Waals surface area contributed by atoms with Gasteiger partial charge in [-0.3, -0.25) is 13.9 Å². The molecule has 0 bridgehead atoms. The zero-order chi connectivity index (χ0) is 31.0. The molecular weight excluding hydrogens is 621 g/mol. The van der Waals surface area contributed by atoms with Crippen LogP contribution in [0.4, 0.5) is 5.69 Å². The summed E-state index contributed by atoms with van der Waals surface area (Å²) in [6, 6.07) is 17.5. The van der Waals surface area contributed by atoms with Crippen molar-refractivity contribution in [2.75, 3.05) is 24.2 Å². The molecule has 2 atom stereocenters. The van der Waals surface area contributed by atoms with Gasteiger partial charge in [-0.2, -0.15) is 0 Å². The highest BCUT2D eigenvalue weighted by atomic mass is 35.5. The van der Waals surface area contributed by atoms with Gasteiger partial charge >= 0.3 is 0 Å². The first-order valence-corrected chi connectivity index (χ1v) is 16.2. The summed E-state index contributed by atoms with van der Waals surface area (Å²) in [5, 5.41) is 3.83. The second-order valence-corrected chi connectivity index (χ2v) is 13.0. The van der Waals surface area contributed by atoms with Crippen molar-refractivity contribution in [1.82, 2.24) is 10.2 Å². The van der Waals surface area contributed by atoms with Crippen LogP contribution in [0.1, 0.15) is 31.4 Å². The number of ether oxygens (including phenoxy) is 1. The quantitative estimate of drug-likeness (QED) is 0.245. The number of nitrogens with zero attached hydrogens (tertiary/aromatic N) is 2. The average Bonchev–Trinajstić information content (AvgIpc) is 2.94. The van der Waals surface area contributed by atoms with Gasteiger partial charge in [0.2, 0.25) is 21.8 Å². The molecule has 0 unspecified atom stereocenters. The van der Waals surface area contributed by atoms with Crippen LogP contribution < -0.4 is 14.4 Å². The fraction of sp³-hybridized carbons (Fsp3) is 0.333. The Hall–Kier alpha value is -2.98. The maximum Gasteiger partial charge on any atom is 0.244 e. The summed E-state index contributed by atoms with van der Waals surface area (Å²) in [7, 11) is -2.63. The Morgan fingerprint density at radius 3 is 2.19 bits per heavy atom. The van der Waals surface area contributed by atoms with Gasteiger partial charge in [-0.1, -0.05) is 78.1 Å². The molecule has 42 heavy (non-hydrogen) atoms. The second-order valence-electron chi connectivity index (χ2n) is 9.83. The highest BCUT2D eigenvalue weighted by molar-refractivity contribution is 7.92. The monoisotopic (exact) mass is 653 g/mol. The molecule has 0 aromatic heterocycles. The molecule has 3 aromatic carbocycles. The summed E-state index contributed by atoms with van der Waals surface area (Å²) in [6.07, 6.45) is 1.81. The van der Waals surface area contributed by atoms with Gasteiger partial charge in [0.1, 0.15) is 18.3 Å². The Labute approximate surface area is 262 Å². The molecule has 0 heterocycles. The largest absolute Gasteiger partial charge is 0.495 e. The Balaban J connectivity index is 2.15. The zero-order valence-electron chi connectivity index (χ0n) is 23.8. The predicted octanol–water partition coefficient (Wildman–Crippen LogP) is 5.98. The number of carbonyl (C=O) groups is 2. The van der Waals surface area contributed by atoms with E-state index in [1.54, 1.807) is 24.3 Å². The minimum absolute atomic E-state index is 0.0836. The van der Waals surface area contributed by atoms with Crippen molar-refractivity contribution in [3.8, 4) is 5.75 Å². The second kappa shape index (κ2) is 15.0. The molecule has 1 N–H and O–H groups in total. The van der Waals surface area contributed by atoms with Gasteiger partial charge in [-0.25, -0.2) is 8.42 Å². The minimum Gasteiger partial charge on any atom is -0.495 e. The lowest BCUT2D eigenvalue weighted by Gasteiger charge is -2.34. The van der Waals surface area contributed by atoms with E-state index in [4.69, 9.17) is 39.5 Å². The van der Waals surface area contributed by atoms with Gasteiger partial charge in [0.25, 0.3) is 0 Å². The Bertz CT molecular complexity index is 1490. The van der Waals surface area contributed by atoms with Crippen molar-refractivity contribution >= 4 is 62.3 Å². The smallest absolute Gasteiger partial charge is 0.244 e. The van der Waals surface area contributed by atoms with Crippen LogP contribution in [-0.4, -0.2) is 57.1 Å². The van der Waals surface area contributed by atoms with Crippen molar-refractivity contribution in [2.24, 2.45) is 0 Å². The molecule has 226 valence electrons. The molecule has 0 aliphatic rings. The molecule has 0 saturated carbocycles. The molecule has 3 aromatic rings. The zero-order valence-corrected chi connectivity index (χ0v) is 26.9. The number of anilines is 1.